The second-order valence-electron chi connectivity index (χ2n) is 11.5. The lowest BCUT2D eigenvalue weighted by atomic mass is 10.1. The first-order valence-electron chi connectivity index (χ1n) is 14.9. The van der Waals surface area contributed by atoms with E-state index in [-0.39, 0.29) is 0 Å². The van der Waals surface area contributed by atoms with Gasteiger partial charge in [0.1, 0.15) is 0 Å². The summed E-state index contributed by atoms with van der Waals surface area (Å²) in [5.74, 6) is 0. The highest BCUT2D eigenvalue weighted by atomic mass is 19.4. The van der Waals surface area contributed by atoms with Crippen molar-refractivity contribution in [2.75, 3.05) is 13.1 Å². The van der Waals surface area contributed by atoms with E-state index in [0.717, 1.165) is 68.3 Å². The number of nitrogens with zero attached hydrogens (tertiary/aromatic N) is 2. The van der Waals surface area contributed by atoms with E-state index >= 15 is 0 Å². The van der Waals surface area contributed by atoms with Crippen LogP contribution in [0.25, 0.3) is 33.2 Å². The Labute approximate surface area is 262 Å². The van der Waals surface area contributed by atoms with E-state index in [1.165, 1.54) is 12.1 Å². The molecule has 0 bridgehead atoms. The maximum absolute atomic E-state index is 13.4. The fourth-order valence-corrected chi connectivity index (χ4v) is 5.82. The Morgan fingerprint density at radius 2 is 0.957 bits per heavy atom. The molecule has 0 atom stereocenters. The Balaban J connectivity index is 1.14. The molecule has 0 aliphatic heterocycles. The van der Waals surface area contributed by atoms with Gasteiger partial charge in [0.05, 0.1) is 22.2 Å². The van der Waals surface area contributed by atoms with Crippen LogP contribution in [-0.4, -0.2) is 22.2 Å². The van der Waals surface area contributed by atoms with Gasteiger partial charge in [-0.2, -0.15) is 26.3 Å². The van der Waals surface area contributed by atoms with Gasteiger partial charge in [-0.1, -0.05) is 35.4 Å². The Morgan fingerprint density at radius 3 is 1.35 bits per heavy atom. The van der Waals surface area contributed by atoms with E-state index in [4.69, 9.17) is 0 Å². The van der Waals surface area contributed by atoms with Gasteiger partial charge in [-0.3, -0.25) is 0 Å². The first kappa shape index (κ1) is 31.4. The lowest BCUT2D eigenvalue weighted by Gasteiger charge is -2.10. The quantitative estimate of drug-likeness (QED) is 0.123. The Kier molecular flexibility index (Phi) is 8.43. The van der Waals surface area contributed by atoms with Gasteiger partial charge in [-0.25, -0.2) is 0 Å². The number of aromatic nitrogens is 2. The highest BCUT2D eigenvalue weighted by Crippen LogP contribution is 2.34. The van der Waals surface area contributed by atoms with Gasteiger partial charge in [0.15, 0.2) is 0 Å². The number of hydrogen-bond acceptors (Lipinski definition) is 2. The molecule has 0 saturated heterocycles. The molecule has 238 valence electrons. The van der Waals surface area contributed by atoms with Crippen LogP contribution in [0.1, 0.15) is 33.4 Å². The van der Waals surface area contributed by atoms with Gasteiger partial charge < -0.3 is 19.8 Å². The summed E-state index contributed by atoms with van der Waals surface area (Å²) >= 11 is 0. The molecule has 0 saturated carbocycles. The summed E-state index contributed by atoms with van der Waals surface area (Å²) in [6, 6.07) is 22.4. The Bertz CT molecular complexity index is 1870. The summed E-state index contributed by atoms with van der Waals surface area (Å²) in [5, 5.41) is 8.80. The predicted molar refractivity (Wildman–Crippen MR) is 169 cm³/mol. The number of halogens is 6. The maximum atomic E-state index is 13.4. The van der Waals surface area contributed by atoms with Crippen LogP contribution in [-0.2, 0) is 25.4 Å². The topological polar surface area (TPSA) is 33.9 Å². The molecule has 6 rings (SSSR count). The van der Waals surface area contributed by atoms with Crippen molar-refractivity contribution in [3.05, 3.63) is 131 Å². The first-order valence-corrected chi connectivity index (χ1v) is 14.9. The summed E-state index contributed by atoms with van der Waals surface area (Å²) in [5.41, 5.74) is 5.18. The molecule has 0 amide bonds. The molecule has 0 radical (unpaired) electrons. The van der Waals surface area contributed by atoms with Crippen LogP contribution >= 0.6 is 0 Å². The summed E-state index contributed by atoms with van der Waals surface area (Å²) < 4.78 is 84.0. The molecule has 0 fully saturated rings. The average Bonchev–Trinajstić information content (AvgIpc) is 3.55. The SMILES string of the molecule is Cc1ccc2c(c1)c(CNCCNCc1cn(-c3cccc(C(F)(F)F)c3)c3ccc(C)cc13)cn2-c1cccc(C(F)(F)F)c1. The van der Waals surface area contributed by atoms with Crippen molar-refractivity contribution in [1.82, 2.24) is 19.8 Å². The number of alkyl halides is 6. The number of nitrogens with one attached hydrogen (secondary N) is 2. The van der Waals surface area contributed by atoms with Crippen molar-refractivity contribution in [3.8, 4) is 11.4 Å². The van der Waals surface area contributed by atoms with Crippen LogP contribution in [0.4, 0.5) is 26.3 Å². The molecule has 10 heteroatoms. The minimum Gasteiger partial charge on any atom is -0.316 e. The summed E-state index contributed by atoms with van der Waals surface area (Å²) in [4.78, 5) is 0. The van der Waals surface area contributed by atoms with Crippen LogP contribution in [0, 0.1) is 13.8 Å². The number of fused-ring (bicyclic) bond motifs is 2. The molecule has 0 unspecified atom stereocenters. The van der Waals surface area contributed by atoms with Gasteiger partial charge in [0.25, 0.3) is 0 Å². The van der Waals surface area contributed by atoms with Crippen molar-refractivity contribution in [3.63, 3.8) is 0 Å². The normalized spacial score (nSPS) is 12.4. The molecular weight excluding hydrogens is 602 g/mol. The molecule has 6 aromatic rings. The second-order valence-corrected chi connectivity index (χ2v) is 11.5. The summed E-state index contributed by atoms with van der Waals surface area (Å²) in [6.45, 7) is 6.23. The fraction of sp³-hybridized carbons (Fsp3) is 0.222. The highest BCUT2D eigenvalue weighted by Gasteiger charge is 2.31. The van der Waals surface area contributed by atoms with Crippen molar-refractivity contribution >= 4 is 21.8 Å². The van der Waals surface area contributed by atoms with Gasteiger partial charge in [0, 0.05) is 60.7 Å². The molecule has 0 aliphatic carbocycles. The third-order valence-corrected chi connectivity index (χ3v) is 8.10. The van der Waals surface area contributed by atoms with Crippen LogP contribution in [0.15, 0.2) is 97.3 Å². The predicted octanol–water partition coefficient (Wildman–Crippen LogP) is 9.11. The molecule has 2 N–H and O–H groups in total. The third kappa shape index (κ3) is 6.54. The average molecular weight is 635 g/mol. The number of rotatable bonds is 9. The highest BCUT2D eigenvalue weighted by molar-refractivity contribution is 5.87. The molecule has 2 aromatic heterocycles. The molecular formula is C36H32F6N4. The van der Waals surface area contributed by atoms with E-state index in [2.05, 4.69) is 10.6 Å². The van der Waals surface area contributed by atoms with Gasteiger partial charge in [0.2, 0.25) is 0 Å². The van der Waals surface area contributed by atoms with E-state index < -0.39 is 23.5 Å². The van der Waals surface area contributed by atoms with E-state index in [9.17, 15) is 26.3 Å². The zero-order chi connectivity index (χ0) is 32.6. The zero-order valence-electron chi connectivity index (χ0n) is 25.2. The lowest BCUT2D eigenvalue weighted by molar-refractivity contribution is -0.138. The van der Waals surface area contributed by atoms with Gasteiger partial charge in [-0.05, 0) is 85.6 Å². The standard InChI is InChI=1S/C36H32F6N4/c1-23-9-11-33-31(15-23)25(21-45(33)29-7-3-5-27(17-29)35(37,38)39)19-43-13-14-44-20-26-22-46(34-12-10-24(2)16-32(26)34)30-8-4-6-28(18-30)36(40,41)42/h3-12,15-18,21-22,43-44H,13-14,19-20H2,1-2H3. The van der Waals surface area contributed by atoms with Gasteiger partial charge in [-0.15, -0.1) is 0 Å². The molecule has 4 aromatic carbocycles. The number of aryl methyl sites for hydroxylation is 2. The zero-order valence-corrected chi connectivity index (χ0v) is 25.2. The first-order chi connectivity index (χ1) is 21.9. The summed E-state index contributed by atoms with van der Waals surface area (Å²) in [7, 11) is 0. The van der Waals surface area contributed by atoms with Crippen LogP contribution in [0.2, 0.25) is 0 Å². The van der Waals surface area contributed by atoms with E-state index in [0.29, 0.717) is 37.6 Å². The smallest absolute Gasteiger partial charge is 0.316 e. The van der Waals surface area contributed by atoms with Gasteiger partial charge >= 0.3 is 12.4 Å². The summed E-state index contributed by atoms with van der Waals surface area (Å²) in [6.07, 6.45) is -5.10. The van der Waals surface area contributed by atoms with Crippen molar-refractivity contribution in [1.29, 1.82) is 0 Å². The van der Waals surface area contributed by atoms with Crippen LogP contribution in [0.5, 0.6) is 0 Å². The number of benzene rings is 4. The molecule has 4 nitrogen and oxygen atoms in total. The third-order valence-electron chi connectivity index (χ3n) is 8.10. The largest absolute Gasteiger partial charge is 0.416 e. The molecule has 2 heterocycles. The van der Waals surface area contributed by atoms with Crippen LogP contribution < -0.4 is 10.6 Å². The van der Waals surface area contributed by atoms with Crippen LogP contribution in [0.3, 0.4) is 0 Å². The fourth-order valence-electron chi connectivity index (χ4n) is 5.82. The monoisotopic (exact) mass is 634 g/mol. The second kappa shape index (κ2) is 12.3. The lowest BCUT2D eigenvalue weighted by Crippen LogP contribution is -2.26. The Morgan fingerprint density at radius 1 is 0.543 bits per heavy atom. The van der Waals surface area contributed by atoms with E-state index in [1.807, 2.05) is 62.6 Å². The maximum Gasteiger partial charge on any atom is 0.416 e. The van der Waals surface area contributed by atoms with Crippen molar-refractivity contribution in [2.45, 2.75) is 39.3 Å². The molecule has 0 aliphatic rings. The molecule has 46 heavy (non-hydrogen) atoms. The number of hydrogen-bond donors (Lipinski definition) is 2. The van der Waals surface area contributed by atoms with E-state index in [1.54, 1.807) is 21.3 Å². The minimum atomic E-state index is -4.43. The van der Waals surface area contributed by atoms with Crippen molar-refractivity contribution in [2.24, 2.45) is 0 Å². The Hall–Kier alpha value is -4.54. The van der Waals surface area contributed by atoms with Crippen molar-refractivity contribution < 1.29 is 26.3 Å². The minimum absolute atomic E-state index is 0.441. The molecule has 0 spiro atoms.